The minimum Gasteiger partial charge on any atom is -0.353 e. The molecule has 34 heavy (non-hydrogen) atoms. The van der Waals surface area contributed by atoms with Crippen molar-refractivity contribution in [3.05, 3.63) is 38.9 Å². The first kappa shape index (κ1) is 23.5. The molecule has 2 aromatic heterocycles. The molecule has 10 heteroatoms. The molecule has 0 radical (unpaired) electrons. The van der Waals surface area contributed by atoms with E-state index in [4.69, 9.17) is 0 Å². The summed E-state index contributed by atoms with van der Waals surface area (Å²) in [7, 11) is 0. The Morgan fingerprint density at radius 1 is 1.06 bits per heavy atom. The molecule has 0 aromatic carbocycles. The smallest absolute Gasteiger partial charge is 0.333 e. The van der Waals surface area contributed by atoms with Gasteiger partial charge in [0.1, 0.15) is 11.5 Å². The Kier molecular flexibility index (Phi) is 7.06. The summed E-state index contributed by atoms with van der Waals surface area (Å²) in [6.45, 7) is 1.68. The lowest BCUT2D eigenvalue weighted by Gasteiger charge is -2.32. The summed E-state index contributed by atoms with van der Waals surface area (Å²) in [5.41, 5.74) is -0.518. The molecule has 0 bridgehead atoms. The Bertz CT molecular complexity index is 1160. The van der Waals surface area contributed by atoms with Crippen molar-refractivity contribution in [2.75, 3.05) is 24.6 Å². The SMILES string of the molecule is O=C(NC1CCC(n2c(=O)c3cc(F)cnc3n(C3CCSCC3)c2=O)CC1)[C@@H]1CCCNC1. The highest BCUT2D eigenvalue weighted by molar-refractivity contribution is 7.99. The number of hydrogen-bond acceptors (Lipinski definition) is 6. The van der Waals surface area contributed by atoms with E-state index in [2.05, 4.69) is 15.6 Å². The van der Waals surface area contributed by atoms with Crippen molar-refractivity contribution in [2.45, 2.75) is 69.5 Å². The second kappa shape index (κ2) is 10.2. The van der Waals surface area contributed by atoms with Gasteiger partial charge in [-0.25, -0.2) is 14.2 Å². The zero-order chi connectivity index (χ0) is 23.7. The second-order valence-electron chi connectivity index (χ2n) is 9.75. The number of halogens is 1. The summed E-state index contributed by atoms with van der Waals surface area (Å²) in [6.07, 6.45) is 7.31. The number of piperidine rings is 1. The van der Waals surface area contributed by atoms with E-state index < -0.39 is 11.4 Å². The molecule has 3 aliphatic rings. The van der Waals surface area contributed by atoms with E-state index in [-0.39, 0.29) is 46.7 Å². The maximum atomic E-state index is 14.0. The Morgan fingerprint density at radius 3 is 2.50 bits per heavy atom. The number of hydrogen-bond donors (Lipinski definition) is 2. The number of nitrogens with zero attached hydrogens (tertiary/aromatic N) is 3. The summed E-state index contributed by atoms with van der Waals surface area (Å²) in [6, 6.07) is 0.958. The van der Waals surface area contributed by atoms with Crippen molar-refractivity contribution < 1.29 is 9.18 Å². The summed E-state index contributed by atoms with van der Waals surface area (Å²) in [4.78, 5) is 43.8. The van der Waals surface area contributed by atoms with Crippen molar-refractivity contribution in [2.24, 2.45) is 5.92 Å². The van der Waals surface area contributed by atoms with E-state index in [0.29, 0.717) is 25.7 Å². The summed E-state index contributed by atoms with van der Waals surface area (Å²) >= 11 is 1.85. The third kappa shape index (κ3) is 4.66. The molecule has 0 unspecified atom stereocenters. The van der Waals surface area contributed by atoms with Gasteiger partial charge in [0.05, 0.1) is 17.5 Å². The minimum atomic E-state index is -0.579. The number of thioether (sulfide) groups is 1. The quantitative estimate of drug-likeness (QED) is 0.684. The van der Waals surface area contributed by atoms with E-state index in [9.17, 15) is 18.8 Å². The fourth-order valence-corrected chi connectivity index (χ4v) is 6.75. The molecule has 4 heterocycles. The number of rotatable bonds is 4. The fraction of sp³-hybridized carbons (Fsp3) is 0.667. The molecule has 184 valence electrons. The number of aromatic nitrogens is 3. The van der Waals surface area contributed by atoms with Gasteiger partial charge in [-0.1, -0.05) is 0 Å². The Hall–Kier alpha value is -2.20. The van der Waals surface area contributed by atoms with Gasteiger partial charge in [0, 0.05) is 24.7 Å². The second-order valence-corrected chi connectivity index (χ2v) is 11.0. The van der Waals surface area contributed by atoms with Gasteiger partial charge in [-0.15, -0.1) is 0 Å². The first-order valence-electron chi connectivity index (χ1n) is 12.4. The monoisotopic (exact) mass is 489 g/mol. The molecular weight excluding hydrogens is 457 g/mol. The highest BCUT2D eigenvalue weighted by Gasteiger charge is 2.31. The number of carbonyl (C=O) groups is 1. The molecule has 3 fully saturated rings. The van der Waals surface area contributed by atoms with Gasteiger partial charge in [0.15, 0.2) is 0 Å². The molecule has 1 amide bonds. The van der Waals surface area contributed by atoms with Crippen LogP contribution in [0.4, 0.5) is 4.39 Å². The topological polar surface area (TPSA) is 98.0 Å². The molecule has 5 rings (SSSR count). The van der Waals surface area contributed by atoms with Crippen LogP contribution in [0.25, 0.3) is 11.0 Å². The van der Waals surface area contributed by atoms with Crippen LogP contribution in [-0.2, 0) is 4.79 Å². The Labute approximate surface area is 201 Å². The predicted octanol–water partition coefficient (Wildman–Crippen LogP) is 2.36. The maximum absolute atomic E-state index is 14.0. The van der Waals surface area contributed by atoms with Crippen LogP contribution >= 0.6 is 11.8 Å². The number of fused-ring (bicyclic) bond motifs is 1. The van der Waals surface area contributed by atoms with Crippen LogP contribution in [-0.4, -0.2) is 50.7 Å². The van der Waals surface area contributed by atoms with Gasteiger partial charge in [-0.05, 0) is 75.5 Å². The Morgan fingerprint density at radius 2 is 1.79 bits per heavy atom. The van der Waals surface area contributed by atoms with Crippen LogP contribution in [0.1, 0.15) is 63.5 Å². The summed E-state index contributed by atoms with van der Waals surface area (Å²) < 4.78 is 17.0. The lowest BCUT2D eigenvalue weighted by atomic mass is 9.90. The van der Waals surface area contributed by atoms with E-state index in [1.54, 1.807) is 4.57 Å². The average Bonchev–Trinajstić information content (AvgIpc) is 2.87. The third-order valence-electron chi connectivity index (χ3n) is 7.55. The molecule has 2 aliphatic heterocycles. The van der Waals surface area contributed by atoms with Gasteiger partial charge in [0.25, 0.3) is 5.56 Å². The van der Waals surface area contributed by atoms with Crippen LogP contribution in [0.3, 0.4) is 0 Å². The zero-order valence-electron chi connectivity index (χ0n) is 19.3. The normalized spacial score (nSPS) is 26.4. The van der Waals surface area contributed by atoms with Gasteiger partial charge >= 0.3 is 5.69 Å². The molecular formula is C24H32FN5O3S. The van der Waals surface area contributed by atoms with E-state index in [0.717, 1.165) is 56.5 Å². The molecule has 8 nitrogen and oxygen atoms in total. The molecule has 0 spiro atoms. The van der Waals surface area contributed by atoms with Crippen molar-refractivity contribution in [3.8, 4) is 0 Å². The van der Waals surface area contributed by atoms with Crippen molar-refractivity contribution >= 4 is 28.7 Å². The van der Waals surface area contributed by atoms with Gasteiger partial charge in [-0.3, -0.25) is 18.7 Å². The average molecular weight is 490 g/mol. The summed E-state index contributed by atoms with van der Waals surface area (Å²) in [5.74, 6) is 1.42. The van der Waals surface area contributed by atoms with E-state index in [1.165, 1.54) is 10.6 Å². The fourth-order valence-electron chi connectivity index (χ4n) is 5.67. The highest BCUT2D eigenvalue weighted by Crippen LogP contribution is 2.30. The molecule has 2 saturated heterocycles. The van der Waals surface area contributed by atoms with Crippen LogP contribution < -0.4 is 21.9 Å². The van der Waals surface area contributed by atoms with Gasteiger partial charge in [-0.2, -0.15) is 11.8 Å². The predicted molar refractivity (Wildman–Crippen MR) is 131 cm³/mol. The van der Waals surface area contributed by atoms with Gasteiger partial charge in [0.2, 0.25) is 5.91 Å². The van der Waals surface area contributed by atoms with Crippen LogP contribution in [0.15, 0.2) is 21.9 Å². The molecule has 2 aromatic rings. The number of pyridine rings is 1. The maximum Gasteiger partial charge on any atom is 0.333 e. The van der Waals surface area contributed by atoms with E-state index in [1.807, 2.05) is 11.8 Å². The first-order chi connectivity index (χ1) is 16.5. The van der Waals surface area contributed by atoms with Crippen LogP contribution in [0.5, 0.6) is 0 Å². The van der Waals surface area contributed by atoms with Crippen molar-refractivity contribution in [1.82, 2.24) is 24.8 Å². The highest BCUT2D eigenvalue weighted by atomic mass is 32.2. The molecule has 1 aliphatic carbocycles. The molecule has 1 atom stereocenters. The van der Waals surface area contributed by atoms with Crippen LogP contribution in [0, 0.1) is 11.7 Å². The van der Waals surface area contributed by atoms with Crippen molar-refractivity contribution in [3.63, 3.8) is 0 Å². The number of nitrogens with one attached hydrogen (secondary N) is 2. The number of amides is 1. The Balaban J connectivity index is 1.40. The minimum absolute atomic E-state index is 0.0119. The lowest BCUT2D eigenvalue weighted by molar-refractivity contribution is -0.126. The molecule has 1 saturated carbocycles. The lowest BCUT2D eigenvalue weighted by Crippen LogP contribution is -2.48. The van der Waals surface area contributed by atoms with E-state index >= 15 is 0 Å². The van der Waals surface area contributed by atoms with Crippen molar-refractivity contribution in [1.29, 1.82) is 0 Å². The summed E-state index contributed by atoms with van der Waals surface area (Å²) in [5, 5.41) is 6.62. The standard InChI is InChI=1S/C24H32FN5O3S/c25-16-12-20-21(27-14-16)29(19-7-10-34-11-8-19)24(33)30(23(20)32)18-5-3-17(4-6-18)28-22(31)15-2-1-9-26-13-15/h12,14-15,17-19,26H,1-11,13H2,(H,28,31)/t15-,17?,18?/m1/s1. The zero-order valence-corrected chi connectivity index (χ0v) is 20.1. The van der Waals surface area contributed by atoms with Gasteiger partial charge < -0.3 is 10.6 Å². The largest absolute Gasteiger partial charge is 0.353 e. The first-order valence-corrected chi connectivity index (χ1v) is 13.6. The van der Waals surface area contributed by atoms with Crippen LogP contribution in [0.2, 0.25) is 0 Å². The molecule has 2 N–H and O–H groups in total. The third-order valence-corrected chi connectivity index (χ3v) is 8.60. The number of carbonyl (C=O) groups excluding carboxylic acids is 1.